The summed E-state index contributed by atoms with van der Waals surface area (Å²) < 4.78 is 136. The molecule has 5 saturated heterocycles. The van der Waals surface area contributed by atoms with E-state index in [9.17, 15) is 50.3 Å². The second-order valence-electron chi connectivity index (χ2n) is 27.5. The molecule has 0 radical (unpaired) electrons. The molecule has 0 aliphatic carbocycles. The fourth-order valence-electron chi connectivity index (χ4n) is 8.97. The van der Waals surface area contributed by atoms with Crippen molar-refractivity contribution in [3.05, 3.63) is 0 Å². The van der Waals surface area contributed by atoms with Gasteiger partial charge in [-0.3, -0.25) is 9.80 Å². The number of ether oxygens (including phenoxy) is 12. The van der Waals surface area contributed by atoms with Gasteiger partial charge in [-0.15, -0.1) is 0 Å². The molecule has 0 saturated carbocycles. The zero-order chi connectivity index (χ0) is 68.8. The lowest BCUT2D eigenvalue weighted by Gasteiger charge is -2.36. The van der Waals surface area contributed by atoms with Gasteiger partial charge in [-0.25, -0.2) is 41.5 Å². The number of hydrogen-bond acceptors (Lipinski definition) is 17. The molecule has 5 rings (SSSR count). The number of piperidine rings is 3. The Balaban J connectivity index is 0.000000562. The Morgan fingerprint density at radius 3 is 0.944 bits per heavy atom. The van der Waals surface area contributed by atoms with Crippen molar-refractivity contribution in [3.63, 3.8) is 0 Å². The fourth-order valence-corrected chi connectivity index (χ4v) is 8.97. The van der Waals surface area contributed by atoms with E-state index in [1.807, 2.05) is 62.3 Å². The maximum absolute atomic E-state index is 12.7. The summed E-state index contributed by atoms with van der Waals surface area (Å²) in [5.41, 5.74) is -2.64. The summed E-state index contributed by atoms with van der Waals surface area (Å²) in [7, 11) is 0. The first-order chi connectivity index (χ1) is 41.5. The van der Waals surface area contributed by atoms with Crippen molar-refractivity contribution in [1.82, 2.24) is 24.5 Å². The van der Waals surface area contributed by atoms with Crippen LogP contribution in [0.25, 0.3) is 0 Å². The van der Waals surface area contributed by atoms with Crippen LogP contribution in [0.3, 0.4) is 0 Å². The molecule has 0 spiro atoms. The number of hydrogen-bond donors (Lipinski definition) is 0. The van der Waals surface area contributed by atoms with Gasteiger partial charge in [0, 0.05) is 39.3 Å². The van der Waals surface area contributed by atoms with E-state index in [0.717, 1.165) is 51.4 Å². The molecule has 8 atom stereocenters. The molecule has 5 aliphatic rings. The van der Waals surface area contributed by atoms with Crippen LogP contribution in [0.5, 0.6) is 0 Å². The molecule has 0 bridgehead atoms. The first kappa shape index (κ1) is 83.7. The Hall–Kier alpha value is -4.35. The van der Waals surface area contributed by atoms with Gasteiger partial charge in [-0.05, 0) is 189 Å². The third-order valence-corrected chi connectivity index (χ3v) is 13.0. The van der Waals surface area contributed by atoms with Gasteiger partial charge >= 0.3 is 37.1 Å². The molecule has 5 fully saturated rings. The lowest BCUT2D eigenvalue weighted by atomic mass is 9.98. The van der Waals surface area contributed by atoms with Gasteiger partial charge in [0.25, 0.3) is 0 Å². The molecule has 5 amide bonds. The number of carbonyl (C=O) groups is 5. The number of rotatable bonds is 15. The molecule has 5 aliphatic heterocycles. The maximum Gasteiger partial charge on any atom is 0.410 e. The molecule has 530 valence electrons. The standard InChI is InChI=1S/3C13H24FNO3.C12H22FNO4.C11H19F2NO4/c1-10(14)17-9-11-5-7-15(8-6-11)12(16)18-13(2,3)4;2*1-10(14)17-9-11-7-5-6-8-15(11)12(16)18-13(2,3)4;1-9(13)17-8-10-7-16-6-5-14(10)11(15)18-12(2,3)4;1-11(2,3)18-10(15)14-4-5-16-6-8(14)7-17-9(12)13/h3*10-11H,5-9H2,1-4H3;9-10H,5-8H2,1-4H3;8-9H,4-7H2,1-3H3/t;2*10?,11-;9?,10-;8-/m.1010/s1. The molecule has 4 unspecified atom stereocenters. The third-order valence-electron chi connectivity index (χ3n) is 13.0. The fraction of sp³-hybridized carbons (Fsp3) is 0.919. The third kappa shape index (κ3) is 39.9. The van der Waals surface area contributed by atoms with E-state index < -0.39 is 78.3 Å². The van der Waals surface area contributed by atoms with E-state index in [2.05, 4.69) is 4.74 Å². The van der Waals surface area contributed by atoms with Crippen molar-refractivity contribution in [2.24, 2.45) is 5.92 Å². The van der Waals surface area contributed by atoms with Crippen LogP contribution in [0.15, 0.2) is 0 Å². The summed E-state index contributed by atoms with van der Waals surface area (Å²) >= 11 is 0. The highest BCUT2D eigenvalue weighted by molar-refractivity contribution is 5.70. The van der Waals surface area contributed by atoms with Crippen LogP contribution < -0.4 is 0 Å². The molecular formula is C62H113F6N5O17. The normalized spacial score (nSPS) is 21.8. The van der Waals surface area contributed by atoms with Crippen molar-refractivity contribution in [2.75, 3.05) is 98.7 Å². The Kier molecular flexibility index (Phi) is 37.8. The summed E-state index contributed by atoms with van der Waals surface area (Å²) in [5.74, 6) is 0.335. The molecular weight excluding hydrogens is 1200 g/mol. The van der Waals surface area contributed by atoms with E-state index in [1.54, 1.807) is 56.2 Å². The van der Waals surface area contributed by atoms with Crippen LogP contribution in [0.1, 0.15) is 183 Å². The number of morpholine rings is 2. The summed E-state index contributed by atoms with van der Waals surface area (Å²) in [4.78, 5) is 67.6. The van der Waals surface area contributed by atoms with Crippen molar-refractivity contribution < 1.29 is 107 Å². The first-order valence-corrected chi connectivity index (χ1v) is 31.5. The lowest BCUT2D eigenvalue weighted by molar-refractivity contribution is -0.152. The zero-order valence-corrected chi connectivity index (χ0v) is 57.5. The highest BCUT2D eigenvalue weighted by Crippen LogP contribution is 2.25. The van der Waals surface area contributed by atoms with Gasteiger partial charge < -0.3 is 71.5 Å². The van der Waals surface area contributed by atoms with E-state index in [-0.39, 0.29) is 69.4 Å². The average molecular weight is 1310 g/mol. The lowest BCUT2D eigenvalue weighted by Crippen LogP contribution is -2.52. The van der Waals surface area contributed by atoms with Crippen molar-refractivity contribution in [3.8, 4) is 0 Å². The summed E-state index contributed by atoms with van der Waals surface area (Å²) in [6.45, 7) is 35.2. The van der Waals surface area contributed by atoms with Crippen LogP contribution in [-0.2, 0) is 56.8 Å². The van der Waals surface area contributed by atoms with Gasteiger partial charge in [0.2, 0.25) is 0 Å². The van der Waals surface area contributed by atoms with Gasteiger partial charge in [-0.1, -0.05) is 0 Å². The molecule has 0 aromatic rings. The highest BCUT2D eigenvalue weighted by atomic mass is 19.3. The number of alkyl halides is 6. The minimum atomic E-state index is -2.85. The van der Waals surface area contributed by atoms with E-state index in [4.69, 9.17) is 52.1 Å². The predicted molar refractivity (Wildman–Crippen MR) is 325 cm³/mol. The largest absolute Gasteiger partial charge is 0.444 e. The molecule has 90 heavy (non-hydrogen) atoms. The number of likely N-dealkylation sites (tertiary alicyclic amines) is 3. The van der Waals surface area contributed by atoms with Crippen LogP contribution in [0.4, 0.5) is 50.3 Å². The van der Waals surface area contributed by atoms with Crippen LogP contribution in [-0.4, -0.2) is 238 Å². The average Bonchev–Trinajstić information content (AvgIpc) is 1.77. The van der Waals surface area contributed by atoms with Gasteiger partial charge in [0.1, 0.15) is 28.0 Å². The Morgan fingerprint density at radius 1 is 0.367 bits per heavy atom. The SMILES string of the molecule is CC(C)(C)OC(=O)N1CCOC[C@H]1COC(F)F.CC(F)OCC1CCN(C(=O)OC(C)(C)C)CC1.CC(F)OC[C@@H]1CCCCN1C(=O)OC(C)(C)C.CC(F)OC[C@H]1CCCCN1C(=O)OC(C)(C)C.CC(F)OC[C@H]1COCCN1C(=O)OC(C)(C)C. The van der Waals surface area contributed by atoms with Crippen LogP contribution >= 0.6 is 0 Å². The number of nitrogens with zero attached hydrogens (tertiary/aromatic N) is 5. The molecule has 22 nitrogen and oxygen atoms in total. The topological polar surface area (TPSA) is 212 Å². The first-order valence-electron chi connectivity index (χ1n) is 31.5. The Labute approximate surface area is 532 Å². The minimum Gasteiger partial charge on any atom is -0.444 e. The maximum atomic E-state index is 12.7. The molecule has 0 N–H and O–H groups in total. The van der Waals surface area contributed by atoms with E-state index in [1.165, 1.54) is 37.5 Å². The summed E-state index contributed by atoms with van der Waals surface area (Å²) in [6, 6.07) is -0.993. The second kappa shape index (κ2) is 40.7. The molecule has 0 aromatic heterocycles. The van der Waals surface area contributed by atoms with Crippen molar-refractivity contribution >= 4 is 30.5 Å². The summed E-state index contributed by atoms with van der Waals surface area (Å²) in [6.07, 6.45) is 0.311. The minimum absolute atomic E-state index is 0.0770. The van der Waals surface area contributed by atoms with Crippen LogP contribution in [0.2, 0.25) is 0 Å². The van der Waals surface area contributed by atoms with Gasteiger partial charge in [0.15, 0.2) is 25.4 Å². The second-order valence-corrected chi connectivity index (χ2v) is 27.5. The van der Waals surface area contributed by atoms with Gasteiger partial charge in [-0.2, -0.15) is 8.78 Å². The van der Waals surface area contributed by atoms with E-state index >= 15 is 0 Å². The Morgan fingerprint density at radius 2 is 0.644 bits per heavy atom. The van der Waals surface area contributed by atoms with Gasteiger partial charge in [0.05, 0.1) is 83.6 Å². The number of halogens is 6. The monoisotopic (exact) mass is 1310 g/mol. The van der Waals surface area contributed by atoms with Crippen LogP contribution in [0, 0.1) is 5.92 Å². The molecule has 28 heteroatoms. The smallest absolute Gasteiger partial charge is 0.410 e. The highest BCUT2D eigenvalue weighted by Gasteiger charge is 2.36. The molecule has 0 aromatic carbocycles. The van der Waals surface area contributed by atoms with Crippen molar-refractivity contribution in [1.29, 1.82) is 0 Å². The number of carbonyl (C=O) groups excluding carboxylic acids is 5. The predicted octanol–water partition coefficient (Wildman–Crippen LogP) is 13.0. The van der Waals surface area contributed by atoms with Crippen molar-refractivity contribution in [2.45, 2.75) is 267 Å². The zero-order valence-electron chi connectivity index (χ0n) is 57.5. The quantitative estimate of drug-likeness (QED) is 0.110. The summed E-state index contributed by atoms with van der Waals surface area (Å²) in [5, 5.41) is 0. The Bertz CT molecular complexity index is 1810. The number of amides is 5. The van der Waals surface area contributed by atoms with E-state index in [0.29, 0.717) is 71.6 Å². The molecule has 5 heterocycles.